The van der Waals surface area contributed by atoms with Gasteiger partial charge in [-0.1, -0.05) is 42.5 Å². The lowest BCUT2D eigenvalue weighted by Crippen LogP contribution is -2.18. The van der Waals surface area contributed by atoms with Crippen LogP contribution in [0.5, 0.6) is 0 Å². The van der Waals surface area contributed by atoms with E-state index in [0.29, 0.717) is 28.9 Å². The maximum Gasteiger partial charge on any atom is 0.411 e. The van der Waals surface area contributed by atoms with E-state index in [0.717, 1.165) is 5.56 Å². The van der Waals surface area contributed by atoms with Crippen molar-refractivity contribution in [1.82, 2.24) is 10.2 Å². The Bertz CT molecular complexity index is 1020. The molecule has 8 heteroatoms. The van der Waals surface area contributed by atoms with Gasteiger partial charge in [-0.2, -0.15) is 5.10 Å². The highest BCUT2D eigenvalue weighted by atomic mass is 16.5. The summed E-state index contributed by atoms with van der Waals surface area (Å²) in [5.74, 6) is -0.600. The first-order chi connectivity index (χ1) is 14.5. The minimum absolute atomic E-state index is 0.0850. The number of aromatic nitrogens is 2. The zero-order valence-corrected chi connectivity index (χ0v) is 16.7. The molecule has 3 N–H and O–H groups in total. The van der Waals surface area contributed by atoms with E-state index in [-0.39, 0.29) is 5.69 Å². The predicted octanol–water partition coefficient (Wildman–Crippen LogP) is 3.35. The zero-order chi connectivity index (χ0) is 21.5. The van der Waals surface area contributed by atoms with Crippen LogP contribution >= 0.6 is 0 Å². The molecule has 1 aromatic heterocycles. The lowest BCUT2D eigenvalue weighted by Gasteiger charge is -2.14. The van der Waals surface area contributed by atoms with Gasteiger partial charge in [-0.3, -0.25) is 5.32 Å². The van der Waals surface area contributed by atoms with Crippen LogP contribution in [0.2, 0.25) is 0 Å². The van der Waals surface area contributed by atoms with Crippen molar-refractivity contribution in [3.63, 3.8) is 0 Å². The van der Waals surface area contributed by atoms with Crippen molar-refractivity contribution in [1.29, 1.82) is 0 Å². The maximum absolute atomic E-state index is 12.2. The highest BCUT2D eigenvalue weighted by Crippen LogP contribution is 2.27. The van der Waals surface area contributed by atoms with Gasteiger partial charge < -0.3 is 15.2 Å². The molecule has 0 fully saturated rings. The van der Waals surface area contributed by atoms with Crippen LogP contribution < -0.4 is 11.1 Å². The van der Waals surface area contributed by atoms with Gasteiger partial charge in [-0.25, -0.2) is 9.59 Å². The Morgan fingerprint density at radius 1 is 1.00 bits per heavy atom. The lowest BCUT2D eigenvalue weighted by atomic mass is 9.99. The first-order valence-corrected chi connectivity index (χ1v) is 9.22. The molecule has 2 aromatic carbocycles. The molecule has 0 bridgehead atoms. The Balaban J connectivity index is 1.93. The number of nitrogens with one attached hydrogen (secondary N) is 1. The number of hydrogen-bond donors (Lipinski definition) is 2. The Morgan fingerprint density at radius 3 is 2.33 bits per heavy atom. The molecule has 1 atom stereocenters. The van der Waals surface area contributed by atoms with E-state index in [1.165, 1.54) is 14.2 Å². The van der Waals surface area contributed by atoms with Crippen molar-refractivity contribution in [3.05, 3.63) is 77.6 Å². The van der Waals surface area contributed by atoms with Crippen molar-refractivity contribution < 1.29 is 19.1 Å². The quantitative estimate of drug-likeness (QED) is 0.603. The molecule has 1 amide bonds. The summed E-state index contributed by atoms with van der Waals surface area (Å²) >= 11 is 0. The lowest BCUT2D eigenvalue weighted by molar-refractivity contribution is 0.0593. The molecular formula is C22H22N4O4. The van der Waals surface area contributed by atoms with Gasteiger partial charge in [0.2, 0.25) is 0 Å². The van der Waals surface area contributed by atoms with Crippen LogP contribution in [0.3, 0.4) is 0 Å². The van der Waals surface area contributed by atoms with E-state index in [9.17, 15) is 9.59 Å². The summed E-state index contributed by atoms with van der Waals surface area (Å²) in [6.07, 6.45) is 0.00637. The number of ether oxygens (including phenoxy) is 2. The second-order valence-electron chi connectivity index (χ2n) is 6.51. The van der Waals surface area contributed by atoms with E-state index in [1.807, 2.05) is 30.3 Å². The molecule has 3 rings (SSSR count). The van der Waals surface area contributed by atoms with Crippen LogP contribution in [0.25, 0.3) is 11.1 Å². The largest absolute Gasteiger partial charge is 0.464 e. The van der Waals surface area contributed by atoms with E-state index >= 15 is 0 Å². The number of hydrogen-bond acceptors (Lipinski definition) is 7. The number of benzene rings is 2. The van der Waals surface area contributed by atoms with Crippen LogP contribution in [0.4, 0.5) is 10.5 Å². The van der Waals surface area contributed by atoms with Crippen LogP contribution in [0.15, 0.2) is 60.7 Å². The number of nitrogens with zero attached hydrogens (tertiary/aromatic N) is 2. The first kappa shape index (κ1) is 20.9. The molecule has 3 aromatic rings. The molecule has 154 valence electrons. The third-order valence-corrected chi connectivity index (χ3v) is 4.50. The van der Waals surface area contributed by atoms with Crippen molar-refractivity contribution in [3.8, 4) is 11.1 Å². The molecule has 0 spiro atoms. The fourth-order valence-corrected chi connectivity index (χ4v) is 2.93. The zero-order valence-electron chi connectivity index (χ0n) is 16.7. The predicted molar refractivity (Wildman–Crippen MR) is 112 cm³/mol. The molecule has 1 unspecified atom stereocenters. The van der Waals surface area contributed by atoms with Gasteiger partial charge in [0.05, 0.1) is 26.0 Å². The number of methoxy groups -OCH3 is 2. The molecular weight excluding hydrogens is 384 g/mol. The molecule has 1 heterocycles. The van der Waals surface area contributed by atoms with Crippen molar-refractivity contribution >= 4 is 17.7 Å². The fourth-order valence-electron chi connectivity index (χ4n) is 2.93. The van der Waals surface area contributed by atoms with Gasteiger partial charge in [0.15, 0.2) is 5.69 Å². The second-order valence-corrected chi connectivity index (χ2v) is 6.51. The Hall–Kier alpha value is -3.78. The third kappa shape index (κ3) is 4.98. The molecule has 8 nitrogen and oxygen atoms in total. The summed E-state index contributed by atoms with van der Waals surface area (Å²) in [6.45, 7) is 0. The summed E-state index contributed by atoms with van der Waals surface area (Å²) in [5, 5.41) is 10.8. The van der Waals surface area contributed by atoms with Gasteiger partial charge in [-0.15, -0.1) is 5.10 Å². The van der Waals surface area contributed by atoms with E-state index < -0.39 is 18.1 Å². The van der Waals surface area contributed by atoms with Gasteiger partial charge in [-0.05, 0) is 35.7 Å². The SMILES string of the molecule is COC(=O)Nc1ccc(-c2cc(C(N)Cc3ccccc3)nnc2C(=O)OC)cc1. The summed E-state index contributed by atoms with van der Waals surface area (Å²) in [4.78, 5) is 23.6. The molecule has 0 saturated carbocycles. The molecule has 0 aliphatic heterocycles. The first-order valence-electron chi connectivity index (χ1n) is 9.22. The minimum Gasteiger partial charge on any atom is -0.464 e. The van der Waals surface area contributed by atoms with Crippen LogP contribution in [0, 0.1) is 0 Å². The molecule has 0 aliphatic carbocycles. The van der Waals surface area contributed by atoms with E-state index in [4.69, 9.17) is 10.5 Å². The van der Waals surface area contributed by atoms with Crippen LogP contribution in [0.1, 0.15) is 27.8 Å². The topological polar surface area (TPSA) is 116 Å². The summed E-state index contributed by atoms with van der Waals surface area (Å²) < 4.78 is 9.42. The normalized spacial score (nSPS) is 11.4. The second kappa shape index (κ2) is 9.62. The van der Waals surface area contributed by atoms with E-state index in [1.54, 1.807) is 30.3 Å². The third-order valence-electron chi connectivity index (χ3n) is 4.50. The van der Waals surface area contributed by atoms with Gasteiger partial charge in [0.1, 0.15) is 0 Å². The van der Waals surface area contributed by atoms with Crippen LogP contribution in [-0.4, -0.2) is 36.5 Å². The molecule has 0 radical (unpaired) electrons. The average Bonchev–Trinajstić information content (AvgIpc) is 2.79. The monoisotopic (exact) mass is 406 g/mol. The molecule has 0 aliphatic rings. The number of rotatable bonds is 6. The summed E-state index contributed by atoms with van der Waals surface area (Å²) in [6, 6.07) is 18.1. The van der Waals surface area contributed by atoms with Crippen molar-refractivity contribution in [2.75, 3.05) is 19.5 Å². The maximum atomic E-state index is 12.2. The Labute approximate surface area is 174 Å². The van der Waals surface area contributed by atoms with Gasteiger partial charge in [0, 0.05) is 11.3 Å². The fraction of sp³-hybridized carbons (Fsp3) is 0.182. The standard InChI is InChI=1S/C22H22N4O4/c1-29-21(27)20-17(15-8-10-16(11-9-15)24-22(28)30-2)13-19(25-26-20)18(23)12-14-6-4-3-5-7-14/h3-11,13,18H,12,23H2,1-2H3,(H,24,28). The van der Waals surface area contributed by atoms with Crippen molar-refractivity contribution in [2.24, 2.45) is 5.73 Å². The van der Waals surface area contributed by atoms with Crippen LogP contribution in [-0.2, 0) is 15.9 Å². The smallest absolute Gasteiger partial charge is 0.411 e. The molecule has 30 heavy (non-hydrogen) atoms. The number of esters is 1. The number of amides is 1. The van der Waals surface area contributed by atoms with Crippen molar-refractivity contribution in [2.45, 2.75) is 12.5 Å². The highest BCUT2D eigenvalue weighted by Gasteiger charge is 2.20. The minimum atomic E-state index is -0.600. The summed E-state index contributed by atoms with van der Waals surface area (Å²) in [5.41, 5.74) is 9.85. The van der Waals surface area contributed by atoms with Gasteiger partial charge >= 0.3 is 12.1 Å². The van der Waals surface area contributed by atoms with Gasteiger partial charge in [0.25, 0.3) is 0 Å². The summed E-state index contributed by atoms with van der Waals surface area (Å²) in [7, 11) is 2.57. The number of carbonyl (C=O) groups is 2. The Morgan fingerprint density at radius 2 is 1.70 bits per heavy atom. The van der Waals surface area contributed by atoms with E-state index in [2.05, 4.69) is 20.3 Å². The Kier molecular flexibility index (Phi) is 6.71. The average molecular weight is 406 g/mol. The number of nitrogens with two attached hydrogens (primary N) is 1. The molecule has 0 saturated heterocycles. The number of anilines is 1. The highest BCUT2D eigenvalue weighted by molar-refractivity contribution is 5.95. The number of carbonyl (C=O) groups excluding carboxylic acids is 2.